The Labute approximate surface area is 261 Å². The number of hydrogen-bond acceptors (Lipinski definition) is 6. The van der Waals surface area contributed by atoms with Gasteiger partial charge in [-0.2, -0.15) is 13.2 Å². The Morgan fingerprint density at radius 2 is 1.80 bits per heavy atom. The molecule has 3 heterocycles. The highest BCUT2D eigenvalue weighted by Gasteiger charge is 2.40. The minimum absolute atomic E-state index is 0.0997. The summed E-state index contributed by atoms with van der Waals surface area (Å²) < 4.78 is 41.1. The molecule has 0 radical (unpaired) electrons. The number of halogens is 3. The SMILES string of the molecule is Nc1nccn2c(C3CCCC(Cc4ccccc4)(NC(=O)O)C3)nc(-c3ccc(C(=O)Nc4cc(C(F)(F)F)ccn4)cc3)c12. The van der Waals surface area contributed by atoms with Gasteiger partial charge in [-0.1, -0.05) is 48.9 Å². The van der Waals surface area contributed by atoms with E-state index >= 15 is 0 Å². The summed E-state index contributed by atoms with van der Waals surface area (Å²) in [4.78, 5) is 37.9. The lowest BCUT2D eigenvalue weighted by atomic mass is 9.72. The van der Waals surface area contributed by atoms with E-state index in [9.17, 15) is 27.9 Å². The first-order valence-corrected chi connectivity index (χ1v) is 14.6. The van der Waals surface area contributed by atoms with Gasteiger partial charge in [-0.15, -0.1) is 0 Å². The number of carbonyl (C=O) groups is 2. The van der Waals surface area contributed by atoms with Crippen LogP contribution in [0.2, 0.25) is 0 Å². The molecule has 13 heteroatoms. The summed E-state index contributed by atoms with van der Waals surface area (Å²) in [5, 5.41) is 15.0. The fourth-order valence-electron chi connectivity index (χ4n) is 6.33. The zero-order chi connectivity index (χ0) is 32.5. The van der Waals surface area contributed by atoms with Gasteiger partial charge in [0.1, 0.15) is 28.7 Å². The number of hydrogen-bond donors (Lipinski definition) is 4. The molecule has 5 aromatic rings. The van der Waals surface area contributed by atoms with E-state index in [1.165, 1.54) is 12.1 Å². The molecule has 1 saturated carbocycles. The van der Waals surface area contributed by atoms with Crippen LogP contribution in [0.1, 0.15) is 58.9 Å². The van der Waals surface area contributed by atoms with Crippen LogP contribution in [0.5, 0.6) is 0 Å². The monoisotopic (exact) mass is 629 g/mol. The first-order chi connectivity index (χ1) is 22.0. The number of benzene rings is 2. The average Bonchev–Trinajstić information content (AvgIpc) is 3.42. The zero-order valence-electron chi connectivity index (χ0n) is 24.5. The highest BCUT2D eigenvalue weighted by Crippen LogP contribution is 2.42. The average molecular weight is 630 g/mol. The lowest BCUT2D eigenvalue weighted by Crippen LogP contribution is -2.52. The van der Waals surface area contributed by atoms with Crippen LogP contribution in [0, 0.1) is 0 Å². The Balaban J connectivity index is 1.30. The van der Waals surface area contributed by atoms with E-state index in [4.69, 9.17) is 10.7 Å². The molecule has 5 N–H and O–H groups in total. The van der Waals surface area contributed by atoms with E-state index in [2.05, 4.69) is 20.6 Å². The van der Waals surface area contributed by atoms with Gasteiger partial charge in [0, 0.05) is 41.2 Å². The van der Waals surface area contributed by atoms with E-state index in [-0.39, 0.29) is 23.1 Å². The highest BCUT2D eigenvalue weighted by atomic mass is 19.4. The maximum Gasteiger partial charge on any atom is 0.416 e. The number of nitrogens with zero attached hydrogens (tertiary/aromatic N) is 4. The largest absolute Gasteiger partial charge is 0.465 e. The predicted molar refractivity (Wildman–Crippen MR) is 165 cm³/mol. The standard InChI is InChI=1S/C33H30F3N7O3/c34-33(35,36)24-12-14-38-25(17-24)40-30(44)22-10-8-21(9-11-22)26-27-28(37)39-15-16-43(27)29(41-26)23-7-4-13-32(19-23,42-31(45)46)18-20-5-2-1-3-6-20/h1-3,5-6,8-12,14-17,23,42H,4,7,13,18-19H2,(H2,37,39)(H,45,46)(H,38,40,44). The molecule has 0 saturated heterocycles. The molecule has 1 fully saturated rings. The Hall–Kier alpha value is -5.46. The molecule has 6 rings (SSSR count). The maximum atomic E-state index is 13.1. The number of amides is 2. The molecule has 10 nitrogen and oxygen atoms in total. The fraction of sp³-hybridized carbons (Fsp3) is 0.242. The predicted octanol–water partition coefficient (Wildman–Crippen LogP) is 6.55. The van der Waals surface area contributed by atoms with Crippen LogP contribution in [0.4, 0.5) is 29.6 Å². The Morgan fingerprint density at radius 1 is 1.04 bits per heavy atom. The summed E-state index contributed by atoms with van der Waals surface area (Å²) >= 11 is 0. The summed E-state index contributed by atoms with van der Waals surface area (Å²) in [5.74, 6) is 0.0282. The lowest BCUT2D eigenvalue weighted by Gasteiger charge is -2.40. The van der Waals surface area contributed by atoms with Crippen LogP contribution in [0.25, 0.3) is 16.8 Å². The highest BCUT2D eigenvalue weighted by molar-refractivity contribution is 6.04. The van der Waals surface area contributed by atoms with Gasteiger partial charge < -0.3 is 21.5 Å². The summed E-state index contributed by atoms with van der Waals surface area (Å²) in [6, 6.07) is 17.8. The number of aromatic nitrogens is 4. The number of pyridine rings is 1. The van der Waals surface area contributed by atoms with Crippen LogP contribution in [0.15, 0.2) is 85.3 Å². The molecule has 3 aromatic heterocycles. The third-order valence-corrected chi connectivity index (χ3v) is 8.33. The van der Waals surface area contributed by atoms with Gasteiger partial charge in [-0.05, 0) is 55.5 Å². The van der Waals surface area contributed by atoms with Crippen molar-refractivity contribution < 1.29 is 27.9 Å². The number of carbonyl (C=O) groups excluding carboxylic acids is 1. The van der Waals surface area contributed by atoms with E-state index in [1.54, 1.807) is 24.5 Å². The van der Waals surface area contributed by atoms with Crippen molar-refractivity contribution in [2.45, 2.75) is 49.7 Å². The summed E-state index contributed by atoms with van der Waals surface area (Å²) in [5.41, 5.74) is 7.74. The van der Waals surface area contributed by atoms with Gasteiger partial charge in [0.2, 0.25) is 0 Å². The first-order valence-electron chi connectivity index (χ1n) is 14.6. The first kappa shape index (κ1) is 30.6. The van der Waals surface area contributed by atoms with Crippen molar-refractivity contribution in [1.82, 2.24) is 24.7 Å². The molecule has 46 heavy (non-hydrogen) atoms. The fourth-order valence-corrected chi connectivity index (χ4v) is 6.33. The number of nitrogens with two attached hydrogens (primary N) is 1. The van der Waals surface area contributed by atoms with Crippen LogP contribution in [-0.2, 0) is 12.6 Å². The number of nitrogen functional groups attached to an aromatic ring is 1. The van der Waals surface area contributed by atoms with E-state index in [1.807, 2.05) is 34.7 Å². The number of rotatable bonds is 7. The number of fused-ring (bicyclic) bond motifs is 1. The number of carboxylic acid groups (broad SMARTS) is 1. The van der Waals surface area contributed by atoms with E-state index < -0.39 is 29.3 Å². The van der Waals surface area contributed by atoms with Crippen molar-refractivity contribution in [3.8, 4) is 11.3 Å². The number of nitrogens with one attached hydrogen (secondary N) is 2. The van der Waals surface area contributed by atoms with E-state index in [0.717, 1.165) is 42.6 Å². The molecule has 0 aliphatic heterocycles. The quantitative estimate of drug-likeness (QED) is 0.160. The number of anilines is 2. The van der Waals surface area contributed by atoms with Crippen molar-refractivity contribution in [3.63, 3.8) is 0 Å². The van der Waals surface area contributed by atoms with Crippen LogP contribution in [0.3, 0.4) is 0 Å². The lowest BCUT2D eigenvalue weighted by molar-refractivity contribution is -0.137. The van der Waals surface area contributed by atoms with Crippen LogP contribution in [-0.4, -0.2) is 42.0 Å². The maximum absolute atomic E-state index is 13.1. The molecule has 2 atom stereocenters. The topological polar surface area (TPSA) is 148 Å². The van der Waals surface area contributed by atoms with Crippen molar-refractivity contribution >= 4 is 29.2 Å². The molecule has 2 aromatic carbocycles. The Kier molecular flexibility index (Phi) is 8.07. The third kappa shape index (κ3) is 6.34. The molecule has 2 amide bonds. The molecule has 0 bridgehead atoms. The van der Waals surface area contributed by atoms with Gasteiger partial charge in [0.25, 0.3) is 5.91 Å². The molecule has 2 unspecified atom stereocenters. The molecule has 1 aliphatic rings. The second-order valence-electron chi connectivity index (χ2n) is 11.5. The van der Waals surface area contributed by atoms with Crippen molar-refractivity contribution in [2.24, 2.45) is 0 Å². The summed E-state index contributed by atoms with van der Waals surface area (Å²) in [6.07, 6.45) is 2.03. The van der Waals surface area contributed by atoms with Crippen LogP contribution < -0.4 is 16.4 Å². The number of imidazole rings is 1. The third-order valence-electron chi connectivity index (χ3n) is 8.33. The second kappa shape index (κ2) is 12.1. The normalized spacial score (nSPS) is 18.3. The van der Waals surface area contributed by atoms with Gasteiger partial charge in [0.15, 0.2) is 0 Å². The minimum atomic E-state index is -4.57. The Morgan fingerprint density at radius 3 is 2.52 bits per heavy atom. The minimum Gasteiger partial charge on any atom is -0.465 e. The molecule has 0 spiro atoms. The Bertz CT molecular complexity index is 1890. The van der Waals surface area contributed by atoms with Gasteiger partial charge >= 0.3 is 12.3 Å². The van der Waals surface area contributed by atoms with Gasteiger partial charge in [-0.3, -0.25) is 9.20 Å². The zero-order valence-corrected chi connectivity index (χ0v) is 24.5. The molecular weight excluding hydrogens is 599 g/mol. The molecule has 236 valence electrons. The molecular formula is C33H30F3N7O3. The van der Waals surface area contributed by atoms with Crippen LogP contribution >= 0.6 is 0 Å². The van der Waals surface area contributed by atoms with Crippen molar-refractivity contribution in [2.75, 3.05) is 11.1 Å². The summed E-state index contributed by atoms with van der Waals surface area (Å²) in [6.45, 7) is 0. The van der Waals surface area contributed by atoms with Crippen molar-refractivity contribution in [1.29, 1.82) is 0 Å². The van der Waals surface area contributed by atoms with E-state index in [0.29, 0.717) is 36.0 Å². The smallest absolute Gasteiger partial charge is 0.416 e. The second-order valence-corrected chi connectivity index (χ2v) is 11.5. The summed E-state index contributed by atoms with van der Waals surface area (Å²) in [7, 11) is 0. The van der Waals surface area contributed by atoms with Gasteiger partial charge in [0.05, 0.1) is 5.56 Å². The van der Waals surface area contributed by atoms with Crippen molar-refractivity contribution in [3.05, 3.63) is 108 Å². The number of alkyl halides is 3. The van der Waals surface area contributed by atoms with Gasteiger partial charge in [-0.25, -0.2) is 19.7 Å². The molecule has 1 aliphatic carbocycles.